The number of aldehydes is 1. The monoisotopic (exact) mass is 689 g/mol. The maximum Gasteiger partial charge on any atom is 0.262 e. The molecule has 0 aromatic heterocycles. The van der Waals surface area contributed by atoms with Gasteiger partial charge in [0.1, 0.15) is 12.3 Å². The summed E-state index contributed by atoms with van der Waals surface area (Å²) in [6.45, 7) is 5.86. The van der Waals surface area contributed by atoms with Crippen molar-refractivity contribution in [2.45, 2.75) is 76.8 Å². The standard InChI is InChI=1S/C41H47N5O5/c1-25(48)36(43)18-15-31(42)21-27-9-13-30(14-10-27)41(2,3)29-11-7-26(8-12-29)20-28-22-33(23-28)45-32-16-17-34-35(24-32)40(51)46(39(34)50)37(6-5-19-47)38(49)44-4/h7-19,24,28,33,37,45H,5-6,20-23,42-43H2,1-4H3,(H,44,49)/b31-15-,36-18-. The third-order valence-corrected chi connectivity index (χ3v) is 10.1. The van der Waals surface area contributed by atoms with Crippen molar-refractivity contribution in [3.8, 4) is 0 Å². The number of hydrogen-bond donors (Lipinski definition) is 4. The number of carbonyl (C=O) groups excluding carboxylic acids is 5. The van der Waals surface area contributed by atoms with Crippen molar-refractivity contribution >= 4 is 35.5 Å². The first kappa shape index (κ1) is 36.8. The number of ketones is 1. The number of imide groups is 1. The van der Waals surface area contributed by atoms with Crippen LogP contribution < -0.4 is 22.1 Å². The zero-order chi connectivity index (χ0) is 36.9. The fraction of sp³-hybridized carbons (Fsp3) is 0.341. The lowest BCUT2D eigenvalue weighted by atomic mass is 9.75. The predicted molar refractivity (Wildman–Crippen MR) is 198 cm³/mol. The summed E-state index contributed by atoms with van der Waals surface area (Å²) >= 11 is 0. The molecular formula is C41H47N5O5. The fourth-order valence-corrected chi connectivity index (χ4v) is 6.86. The highest BCUT2D eigenvalue weighted by Crippen LogP contribution is 2.36. The average Bonchev–Trinajstić information content (AvgIpc) is 3.34. The van der Waals surface area contributed by atoms with E-state index in [-0.39, 0.29) is 46.9 Å². The van der Waals surface area contributed by atoms with E-state index in [0.29, 0.717) is 24.3 Å². The minimum Gasteiger partial charge on any atom is -0.402 e. The van der Waals surface area contributed by atoms with Crippen LogP contribution >= 0.6 is 0 Å². The van der Waals surface area contributed by atoms with E-state index in [1.165, 1.54) is 30.7 Å². The van der Waals surface area contributed by atoms with Gasteiger partial charge in [0.25, 0.3) is 11.8 Å². The van der Waals surface area contributed by atoms with Gasteiger partial charge in [0.2, 0.25) is 5.91 Å². The van der Waals surface area contributed by atoms with Gasteiger partial charge in [-0.1, -0.05) is 62.4 Å². The van der Waals surface area contributed by atoms with Gasteiger partial charge in [-0.2, -0.15) is 0 Å². The number of allylic oxidation sites excluding steroid dienone is 4. The Kier molecular flexibility index (Phi) is 11.2. The summed E-state index contributed by atoms with van der Waals surface area (Å²) in [5, 5.41) is 6.00. The van der Waals surface area contributed by atoms with Crippen LogP contribution in [0.3, 0.4) is 0 Å². The molecule has 6 N–H and O–H groups in total. The van der Waals surface area contributed by atoms with E-state index in [9.17, 15) is 24.0 Å². The molecule has 5 rings (SSSR count). The Morgan fingerprint density at radius 3 is 2.10 bits per heavy atom. The van der Waals surface area contributed by atoms with Crippen molar-refractivity contribution in [3.05, 3.63) is 124 Å². The summed E-state index contributed by atoms with van der Waals surface area (Å²) in [6, 6.07) is 21.6. The number of benzene rings is 3. The normalized spacial score (nSPS) is 18.2. The van der Waals surface area contributed by atoms with Crippen molar-refractivity contribution in [2.24, 2.45) is 17.4 Å². The average molecular weight is 690 g/mol. The topological polar surface area (TPSA) is 165 Å². The lowest BCUT2D eigenvalue weighted by molar-refractivity contribution is -0.124. The van der Waals surface area contributed by atoms with Gasteiger partial charge in [-0.05, 0) is 84.2 Å². The second-order valence-corrected chi connectivity index (χ2v) is 14.1. The first-order valence-corrected chi connectivity index (χ1v) is 17.4. The second kappa shape index (κ2) is 15.6. The largest absolute Gasteiger partial charge is 0.402 e. The third-order valence-electron chi connectivity index (χ3n) is 10.1. The Balaban J connectivity index is 1.14. The zero-order valence-electron chi connectivity index (χ0n) is 29.7. The zero-order valence-corrected chi connectivity index (χ0v) is 29.7. The molecule has 0 spiro atoms. The summed E-state index contributed by atoms with van der Waals surface area (Å²) in [7, 11) is 1.44. The Labute approximate surface area is 299 Å². The van der Waals surface area contributed by atoms with Gasteiger partial charge >= 0.3 is 0 Å². The smallest absolute Gasteiger partial charge is 0.262 e. The van der Waals surface area contributed by atoms with Crippen molar-refractivity contribution < 1.29 is 24.0 Å². The summed E-state index contributed by atoms with van der Waals surface area (Å²) in [5.74, 6) is -1.17. The lowest BCUT2D eigenvalue weighted by Crippen LogP contribution is -2.48. The number of nitrogens with zero attached hydrogens (tertiary/aromatic N) is 1. The number of fused-ring (bicyclic) bond motifs is 1. The minimum atomic E-state index is -1.04. The van der Waals surface area contributed by atoms with E-state index in [2.05, 4.69) is 73.0 Å². The third kappa shape index (κ3) is 8.28. The Morgan fingerprint density at radius 1 is 0.902 bits per heavy atom. The van der Waals surface area contributed by atoms with Crippen LogP contribution in [-0.4, -0.2) is 53.8 Å². The van der Waals surface area contributed by atoms with Gasteiger partial charge in [-0.15, -0.1) is 0 Å². The van der Waals surface area contributed by atoms with Crippen molar-refractivity contribution in [2.75, 3.05) is 12.4 Å². The van der Waals surface area contributed by atoms with Crippen LogP contribution in [0.5, 0.6) is 0 Å². The highest BCUT2D eigenvalue weighted by atomic mass is 16.2. The van der Waals surface area contributed by atoms with E-state index >= 15 is 0 Å². The summed E-state index contributed by atoms with van der Waals surface area (Å²) in [4.78, 5) is 62.1. The maximum absolute atomic E-state index is 13.3. The van der Waals surface area contributed by atoms with Crippen LogP contribution in [0.15, 0.2) is 90.3 Å². The van der Waals surface area contributed by atoms with Crippen LogP contribution in [0.2, 0.25) is 0 Å². The predicted octanol–water partition coefficient (Wildman–Crippen LogP) is 4.95. The lowest BCUT2D eigenvalue weighted by Gasteiger charge is -2.37. The molecule has 10 nitrogen and oxygen atoms in total. The number of carbonyl (C=O) groups is 5. The highest BCUT2D eigenvalue weighted by Gasteiger charge is 2.42. The van der Waals surface area contributed by atoms with E-state index in [1.807, 2.05) is 0 Å². The van der Waals surface area contributed by atoms with Gasteiger partial charge in [-0.25, -0.2) is 0 Å². The SMILES string of the molecule is CNC(=O)C(CCC=O)N1C(=O)c2ccc(NC3CC(Cc4ccc(C(C)(C)c5ccc(C/C(N)=C/C=C(\N)C(C)=O)cc5)cc4)C3)cc2C1=O. The molecule has 51 heavy (non-hydrogen) atoms. The molecule has 0 radical (unpaired) electrons. The molecule has 1 heterocycles. The molecule has 1 unspecified atom stereocenters. The molecule has 0 saturated heterocycles. The van der Waals surface area contributed by atoms with E-state index in [0.717, 1.165) is 35.4 Å². The number of nitrogens with two attached hydrogens (primary N) is 2. The van der Waals surface area contributed by atoms with Crippen LogP contribution in [0.4, 0.5) is 5.69 Å². The first-order valence-electron chi connectivity index (χ1n) is 17.4. The van der Waals surface area contributed by atoms with Crippen molar-refractivity contribution in [1.29, 1.82) is 0 Å². The molecule has 1 atom stereocenters. The van der Waals surface area contributed by atoms with Gasteiger partial charge < -0.3 is 26.9 Å². The van der Waals surface area contributed by atoms with Gasteiger partial charge in [-0.3, -0.25) is 24.1 Å². The number of likely N-dealkylation sites (N-methyl/N-ethyl adjacent to an activating group) is 1. The van der Waals surface area contributed by atoms with Crippen LogP contribution in [0.1, 0.15) is 89.4 Å². The molecule has 1 aliphatic heterocycles. The molecule has 266 valence electrons. The van der Waals surface area contributed by atoms with Crippen LogP contribution in [0, 0.1) is 5.92 Å². The molecule has 3 aromatic carbocycles. The number of hydrogen-bond acceptors (Lipinski definition) is 8. The number of Topliss-reactive ketones (excluding diaryl/α,β-unsaturated/α-hetero) is 1. The minimum absolute atomic E-state index is 0.0644. The molecule has 0 bridgehead atoms. The number of amides is 3. The molecule has 1 saturated carbocycles. The molecule has 3 amide bonds. The fourth-order valence-electron chi connectivity index (χ4n) is 6.86. The molecule has 3 aromatic rings. The number of rotatable bonds is 15. The molecule has 10 heteroatoms. The van der Waals surface area contributed by atoms with Crippen LogP contribution in [-0.2, 0) is 32.6 Å². The Hall–Kier alpha value is -5.51. The number of nitrogens with one attached hydrogen (secondary N) is 2. The van der Waals surface area contributed by atoms with Gasteiger partial charge in [0.05, 0.1) is 16.8 Å². The van der Waals surface area contributed by atoms with Crippen molar-refractivity contribution in [3.63, 3.8) is 0 Å². The van der Waals surface area contributed by atoms with Crippen LogP contribution in [0.25, 0.3) is 0 Å². The number of anilines is 1. The summed E-state index contributed by atoms with van der Waals surface area (Å²) in [5.41, 5.74) is 18.5. The highest BCUT2D eigenvalue weighted by molar-refractivity contribution is 6.23. The first-order chi connectivity index (χ1) is 24.3. The summed E-state index contributed by atoms with van der Waals surface area (Å²) < 4.78 is 0. The van der Waals surface area contributed by atoms with Crippen molar-refractivity contribution in [1.82, 2.24) is 10.2 Å². The second-order valence-electron chi connectivity index (χ2n) is 14.1. The molecule has 1 fully saturated rings. The quantitative estimate of drug-likeness (QED) is 0.0754. The maximum atomic E-state index is 13.3. The van der Waals surface area contributed by atoms with E-state index < -0.39 is 23.8 Å². The summed E-state index contributed by atoms with van der Waals surface area (Å²) in [6.07, 6.45) is 7.55. The molecular weight excluding hydrogens is 642 g/mol. The molecule has 1 aliphatic carbocycles. The Morgan fingerprint density at radius 2 is 1.51 bits per heavy atom. The van der Waals surface area contributed by atoms with Gasteiger partial charge in [0.15, 0.2) is 5.78 Å². The molecule has 2 aliphatic rings. The van der Waals surface area contributed by atoms with E-state index in [1.54, 1.807) is 30.4 Å². The van der Waals surface area contributed by atoms with Gasteiger partial charge in [0, 0.05) is 49.7 Å². The Bertz CT molecular complexity index is 1870. The van der Waals surface area contributed by atoms with E-state index in [4.69, 9.17) is 11.5 Å².